The van der Waals surface area contributed by atoms with E-state index in [9.17, 15) is 18.3 Å². The number of hydrogen-bond donors (Lipinski definition) is 3. The van der Waals surface area contributed by atoms with E-state index in [1.807, 2.05) is 6.07 Å². The normalized spacial score (nSPS) is 12.8. The number of benzene rings is 2. The summed E-state index contributed by atoms with van der Waals surface area (Å²) in [6.45, 7) is 1.69. The maximum absolute atomic E-state index is 12.3. The highest BCUT2D eigenvalue weighted by Gasteiger charge is 2.21. The summed E-state index contributed by atoms with van der Waals surface area (Å²) in [5, 5.41) is 18.4. The van der Waals surface area contributed by atoms with E-state index in [2.05, 4.69) is 4.72 Å². The number of nitrogens with one attached hydrogen (secondary N) is 1. The molecule has 1 unspecified atom stereocenters. The zero-order valence-electron chi connectivity index (χ0n) is 11.7. The van der Waals surface area contributed by atoms with Crippen LogP contribution in [0.1, 0.15) is 28.9 Å². The second-order valence-corrected chi connectivity index (χ2v) is 6.45. The Bertz CT molecular complexity index is 787. The van der Waals surface area contributed by atoms with Gasteiger partial charge in [-0.2, -0.15) is 0 Å². The molecule has 0 aromatic heterocycles. The van der Waals surface area contributed by atoms with E-state index in [1.54, 1.807) is 31.2 Å². The lowest BCUT2D eigenvalue weighted by Gasteiger charge is -2.15. The molecular formula is C15H15NO5S. The zero-order valence-corrected chi connectivity index (χ0v) is 12.5. The van der Waals surface area contributed by atoms with Gasteiger partial charge >= 0.3 is 5.97 Å². The molecule has 0 saturated carbocycles. The molecule has 6 nitrogen and oxygen atoms in total. The SMILES string of the molecule is CC(NS(=O)(=O)c1ccc(O)c(C(=O)O)c1)c1ccccc1. The standard InChI is InChI=1S/C15H15NO5S/c1-10(11-5-3-2-4-6-11)16-22(20,21)12-7-8-14(17)13(9-12)15(18)19/h2-10,16-17H,1H3,(H,18,19). The molecule has 0 amide bonds. The van der Waals surface area contributed by atoms with E-state index in [0.29, 0.717) is 0 Å². The molecule has 0 aliphatic heterocycles. The largest absolute Gasteiger partial charge is 0.507 e. The Labute approximate surface area is 128 Å². The number of sulfonamides is 1. The molecule has 2 rings (SSSR count). The van der Waals surface area contributed by atoms with E-state index in [1.165, 1.54) is 0 Å². The molecule has 3 N–H and O–H groups in total. The molecule has 0 fully saturated rings. The number of hydrogen-bond acceptors (Lipinski definition) is 4. The molecule has 1 atom stereocenters. The lowest BCUT2D eigenvalue weighted by molar-refractivity contribution is 0.0693. The summed E-state index contributed by atoms with van der Waals surface area (Å²) in [7, 11) is -3.90. The van der Waals surface area contributed by atoms with Gasteiger partial charge in [0.2, 0.25) is 10.0 Å². The van der Waals surface area contributed by atoms with E-state index < -0.39 is 33.3 Å². The third kappa shape index (κ3) is 3.44. The molecular weight excluding hydrogens is 306 g/mol. The molecule has 0 spiro atoms. The first kappa shape index (κ1) is 16.0. The molecule has 0 bridgehead atoms. The van der Waals surface area contributed by atoms with Crippen LogP contribution in [0.25, 0.3) is 0 Å². The summed E-state index contributed by atoms with van der Waals surface area (Å²) >= 11 is 0. The maximum Gasteiger partial charge on any atom is 0.339 e. The average Bonchev–Trinajstić information content (AvgIpc) is 2.47. The molecule has 2 aromatic carbocycles. The number of aromatic carboxylic acids is 1. The summed E-state index contributed by atoms with van der Waals surface area (Å²) in [6, 6.07) is 11.6. The van der Waals surface area contributed by atoms with Crippen LogP contribution in [0.15, 0.2) is 53.4 Å². The fourth-order valence-corrected chi connectivity index (χ4v) is 3.22. The molecule has 0 aliphatic carbocycles. The minimum Gasteiger partial charge on any atom is -0.507 e. The summed E-state index contributed by atoms with van der Waals surface area (Å²) < 4.78 is 27.1. The molecule has 7 heteroatoms. The summed E-state index contributed by atoms with van der Waals surface area (Å²) in [5.41, 5.74) is 0.318. The van der Waals surface area contributed by atoms with Crippen LogP contribution in [0.3, 0.4) is 0 Å². The minimum atomic E-state index is -3.90. The molecule has 0 aliphatic rings. The van der Waals surface area contributed by atoms with Gasteiger partial charge in [0.05, 0.1) is 4.90 Å². The van der Waals surface area contributed by atoms with Crippen molar-refractivity contribution in [2.75, 3.05) is 0 Å². The van der Waals surface area contributed by atoms with Crippen LogP contribution in [0, 0.1) is 0 Å². The first-order chi connectivity index (χ1) is 10.3. The van der Waals surface area contributed by atoms with Crippen molar-refractivity contribution in [2.45, 2.75) is 17.9 Å². The predicted molar refractivity (Wildman–Crippen MR) is 80.2 cm³/mol. The van der Waals surface area contributed by atoms with Crippen molar-refractivity contribution in [1.82, 2.24) is 4.72 Å². The summed E-state index contributed by atoms with van der Waals surface area (Å²) in [6.07, 6.45) is 0. The highest BCUT2D eigenvalue weighted by Crippen LogP contribution is 2.23. The number of rotatable bonds is 5. The van der Waals surface area contributed by atoms with Crippen molar-refractivity contribution >= 4 is 16.0 Å². The Balaban J connectivity index is 2.31. The Hall–Kier alpha value is -2.38. The lowest BCUT2D eigenvalue weighted by Crippen LogP contribution is -2.27. The molecule has 22 heavy (non-hydrogen) atoms. The van der Waals surface area contributed by atoms with Crippen molar-refractivity contribution in [2.24, 2.45) is 0 Å². The van der Waals surface area contributed by atoms with Crippen LogP contribution in [0.4, 0.5) is 0 Å². The molecule has 0 heterocycles. The number of carboxylic acid groups (broad SMARTS) is 1. The average molecular weight is 321 g/mol. The monoisotopic (exact) mass is 321 g/mol. The second-order valence-electron chi connectivity index (χ2n) is 4.74. The van der Waals surface area contributed by atoms with Crippen molar-refractivity contribution < 1.29 is 23.4 Å². The minimum absolute atomic E-state index is 0.217. The van der Waals surface area contributed by atoms with Gasteiger partial charge in [0.25, 0.3) is 0 Å². The van der Waals surface area contributed by atoms with Gasteiger partial charge < -0.3 is 10.2 Å². The van der Waals surface area contributed by atoms with Gasteiger partial charge in [-0.15, -0.1) is 0 Å². The van der Waals surface area contributed by atoms with Gasteiger partial charge in [0.15, 0.2) is 0 Å². The quantitative estimate of drug-likeness (QED) is 0.782. The van der Waals surface area contributed by atoms with E-state index >= 15 is 0 Å². The van der Waals surface area contributed by atoms with E-state index in [0.717, 1.165) is 23.8 Å². The number of carboxylic acids is 1. The number of aromatic hydroxyl groups is 1. The Kier molecular flexibility index (Phi) is 4.48. The molecule has 0 radical (unpaired) electrons. The molecule has 0 saturated heterocycles. The first-order valence-corrected chi connectivity index (χ1v) is 7.93. The third-order valence-corrected chi connectivity index (χ3v) is 4.68. The Morgan fingerprint density at radius 2 is 1.77 bits per heavy atom. The Morgan fingerprint density at radius 3 is 2.36 bits per heavy atom. The number of carbonyl (C=O) groups is 1. The van der Waals surface area contributed by atoms with Gasteiger partial charge in [-0.05, 0) is 30.7 Å². The van der Waals surface area contributed by atoms with Gasteiger partial charge in [-0.25, -0.2) is 17.9 Å². The fourth-order valence-electron chi connectivity index (χ4n) is 1.96. The second kappa shape index (κ2) is 6.17. The predicted octanol–water partition coefficient (Wildman–Crippen LogP) is 2.13. The third-order valence-electron chi connectivity index (χ3n) is 3.14. The van der Waals surface area contributed by atoms with Crippen molar-refractivity contribution in [3.05, 3.63) is 59.7 Å². The first-order valence-electron chi connectivity index (χ1n) is 6.45. The topological polar surface area (TPSA) is 104 Å². The van der Waals surface area contributed by atoms with Crippen molar-refractivity contribution in [3.63, 3.8) is 0 Å². The fraction of sp³-hybridized carbons (Fsp3) is 0.133. The highest BCUT2D eigenvalue weighted by molar-refractivity contribution is 7.89. The lowest BCUT2D eigenvalue weighted by atomic mass is 10.1. The van der Waals surface area contributed by atoms with Crippen LogP contribution in [-0.2, 0) is 10.0 Å². The van der Waals surface area contributed by atoms with E-state index in [4.69, 9.17) is 5.11 Å². The maximum atomic E-state index is 12.3. The smallest absolute Gasteiger partial charge is 0.339 e. The van der Waals surface area contributed by atoms with Gasteiger partial charge in [0.1, 0.15) is 11.3 Å². The van der Waals surface area contributed by atoms with Crippen molar-refractivity contribution in [1.29, 1.82) is 0 Å². The Morgan fingerprint density at radius 1 is 1.14 bits per heavy atom. The van der Waals surface area contributed by atoms with Crippen LogP contribution < -0.4 is 4.72 Å². The van der Waals surface area contributed by atoms with Gasteiger partial charge in [0, 0.05) is 6.04 Å². The highest BCUT2D eigenvalue weighted by atomic mass is 32.2. The zero-order chi connectivity index (χ0) is 16.3. The van der Waals surface area contributed by atoms with Crippen molar-refractivity contribution in [3.8, 4) is 5.75 Å². The molecule has 2 aromatic rings. The van der Waals surface area contributed by atoms with Crippen LogP contribution in [0.2, 0.25) is 0 Å². The van der Waals surface area contributed by atoms with E-state index in [-0.39, 0.29) is 4.90 Å². The summed E-state index contributed by atoms with van der Waals surface area (Å²) in [4.78, 5) is 10.8. The van der Waals surface area contributed by atoms with Gasteiger partial charge in [-0.3, -0.25) is 0 Å². The molecule has 116 valence electrons. The van der Waals surface area contributed by atoms with Gasteiger partial charge in [-0.1, -0.05) is 30.3 Å². The number of phenols is 1. The van der Waals surface area contributed by atoms with Crippen LogP contribution in [0.5, 0.6) is 5.75 Å². The van der Waals surface area contributed by atoms with Crippen LogP contribution in [-0.4, -0.2) is 24.6 Å². The van der Waals surface area contributed by atoms with Crippen LogP contribution >= 0.6 is 0 Å². The summed E-state index contributed by atoms with van der Waals surface area (Å²) in [5.74, 6) is -1.88.